The molecule has 3 aliphatic rings. The predicted octanol–water partition coefficient (Wildman–Crippen LogP) is 0.0599. The van der Waals surface area contributed by atoms with Crippen LogP contribution in [0.5, 0.6) is 11.5 Å². The molecule has 1 unspecified atom stereocenters. The SMILES string of the molecule is O=C(O)CC(=O)OC[C@@H]1O[C@H](Oc2ccc3c(=O)c(-c4ccc(O)cc4)coc3c2)[C@@H](O[NH+]2C=C3N=CC=C3C2)[C@H](O)[C@H]1O. The molecule has 0 radical (unpaired) electrons. The van der Waals surface area contributed by atoms with Gasteiger partial charge >= 0.3 is 11.9 Å². The summed E-state index contributed by atoms with van der Waals surface area (Å²) < 4.78 is 22.6. The van der Waals surface area contributed by atoms with Gasteiger partial charge < -0.3 is 39.1 Å². The number of esters is 1. The molecule has 0 spiro atoms. The number of hydroxylamine groups is 2. The van der Waals surface area contributed by atoms with Gasteiger partial charge in [0.05, 0.1) is 10.9 Å². The van der Waals surface area contributed by atoms with Crippen LogP contribution in [0.1, 0.15) is 6.42 Å². The number of fused-ring (bicyclic) bond motifs is 2. The highest BCUT2D eigenvalue weighted by Crippen LogP contribution is 2.29. The van der Waals surface area contributed by atoms with Crippen LogP contribution in [0.25, 0.3) is 22.1 Å². The number of phenolic OH excluding ortho intramolecular Hbond substituents is 1. The number of aromatic hydroxyl groups is 1. The number of nitrogens with one attached hydrogen (secondary N) is 1. The van der Waals surface area contributed by atoms with Gasteiger partial charge in [0.25, 0.3) is 0 Å². The summed E-state index contributed by atoms with van der Waals surface area (Å²) in [5.74, 6) is -2.22. The Morgan fingerprint density at radius 1 is 1.09 bits per heavy atom. The molecule has 0 amide bonds. The third-order valence-corrected chi connectivity index (χ3v) is 7.29. The summed E-state index contributed by atoms with van der Waals surface area (Å²) in [6.45, 7) is -0.173. The summed E-state index contributed by atoms with van der Waals surface area (Å²) in [4.78, 5) is 46.1. The molecular formula is C30H27N2O12+. The molecule has 3 aromatic rings. The maximum absolute atomic E-state index is 13.2. The monoisotopic (exact) mass is 607 g/mol. The van der Waals surface area contributed by atoms with E-state index in [0.29, 0.717) is 28.4 Å². The number of nitrogens with zero attached hydrogens (tertiary/aromatic N) is 1. The average molecular weight is 608 g/mol. The van der Waals surface area contributed by atoms with Gasteiger partial charge in [-0.05, 0) is 35.9 Å². The lowest BCUT2D eigenvalue weighted by Crippen LogP contribution is -3.07. The van der Waals surface area contributed by atoms with Crippen molar-refractivity contribution < 1.29 is 58.5 Å². The third kappa shape index (κ3) is 5.97. The topological polar surface area (TPSA) is 199 Å². The lowest BCUT2D eigenvalue weighted by molar-refractivity contribution is -1.05. The molecule has 1 fully saturated rings. The number of aliphatic imine (C=N–C) groups is 1. The summed E-state index contributed by atoms with van der Waals surface area (Å²) in [6.07, 6.45) is -1.48. The molecule has 4 heterocycles. The number of aliphatic hydroxyl groups is 2. The van der Waals surface area contributed by atoms with Gasteiger partial charge in [0.2, 0.25) is 12.4 Å². The molecular weight excluding hydrogens is 580 g/mol. The molecule has 0 aliphatic carbocycles. The number of aliphatic hydroxyl groups excluding tert-OH is 2. The second-order valence-electron chi connectivity index (χ2n) is 10.3. The molecule has 3 aliphatic heterocycles. The molecule has 2 aromatic carbocycles. The number of carboxylic acids is 1. The van der Waals surface area contributed by atoms with Crippen molar-refractivity contribution in [2.45, 2.75) is 37.1 Å². The van der Waals surface area contributed by atoms with Gasteiger partial charge in [0.1, 0.15) is 66.9 Å². The van der Waals surface area contributed by atoms with Crippen LogP contribution in [0, 0.1) is 0 Å². The number of benzene rings is 2. The van der Waals surface area contributed by atoms with Crippen molar-refractivity contribution in [2.75, 3.05) is 13.2 Å². The molecule has 0 bridgehead atoms. The van der Waals surface area contributed by atoms with Crippen molar-refractivity contribution in [3.05, 3.63) is 82.5 Å². The molecule has 6 atom stereocenters. The van der Waals surface area contributed by atoms with E-state index >= 15 is 0 Å². The number of aliphatic carboxylic acids is 1. The molecule has 1 aromatic heterocycles. The van der Waals surface area contributed by atoms with Gasteiger partial charge in [-0.25, -0.2) is 0 Å². The van der Waals surface area contributed by atoms with Crippen LogP contribution in [0.3, 0.4) is 0 Å². The van der Waals surface area contributed by atoms with E-state index in [2.05, 4.69) is 4.99 Å². The molecule has 6 rings (SSSR count). The Kier molecular flexibility index (Phi) is 7.99. The van der Waals surface area contributed by atoms with Gasteiger partial charge in [0, 0.05) is 17.9 Å². The fourth-order valence-corrected chi connectivity index (χ4v) is 5.07. The number of carbonyl (C=O) groups is 2. The summed E-state index contributed by atoms with van der Waals surface area (Å²) in [7, 11) is 0. The maximum Gasteiger partial charge on any atom is 0.317 e. The Bertz CT molecular complexity index is 1740. The average Bonchev–Trinajstić information content (AvgIpc) is 3.59. The summed E-state index contributed by atoms with van der Waals surface area (Å²) in [6, 6.07) is 10.5. The van der Waals surface area contributed by atoms with E-state index in [-0.39, 0.29) is 27.9 Å². The van der Waals surface area contributed by atoms with Gasteiger partial charge in [0.15, 0.2) is 11.6 Å². The first-order valence-electron chi connectivity index (χ1n) is 13.5. The van der Waals surface area contributed by atoms with Crippen LogP contribution >= 0.6 is 0 Å². The highest BCUT2D eigenvalue weighted by Gasteiger charge is 2.50. The Morgan fingerprint density at radius 2 is 1.89 bits per heavy atom. The van der Waals surface area contributed by atoms with Crippen molar-refractivity contribution in [1.29, 1.82) is 0 Å². The van der Waals surface area contributed by atoms with Crippen molar-refractivity contribution in [3.63, 3.8) is 0 Å². The van der Waals surface area contributed by atoms with E-state index in [1.54, 1.807) is 24.5 Å². The molecule has 14 nitrogen and oxygen atoms in total. The quantitative estimate of drug-likeness (QED) is 0.162. The van der Waals surface area contributed by atoms with Gasteiger partial charge in [-0.15, -0.1) is 0 Å². The van der Waals surface area contributed by atoms with E-state index in [9.17, 15) is 29.7 Å². The molecule has 5 N–H and O–H groups in total. The van der Waals surface area contributed by atoms with Crippen molar-refractivity contribution in [2.24, 2.45) is 4.99 Å². The van der Waals surface area contributed by atoms with Crippen molar-refractivity contribution in [1.82, 2.24) is 0 Å². The Hall–Kier alpha value is -4.86. The number of carbonyl (C=O) groups excluding carboxylic acids is 1. The minimum atomic E-state index is -1.59. The number of hydrogen-bond donors (Lipinski definition) is 5. The van der Waals surface area contributed by atoms with Crippen molar-refractivity contribution >= 4 is 29.1 Å². The number of phenols is 1. The predicted molar refractivity (Wildman–Crippen MR) is 149 cm³/mol. The molecule has 228 valence electrons. The van der Waals surface area contributed by atoms with Gasteiger partial charge in [-0.2, -0.15) is 9.90 Å². The Labute approximate surface area is 248 Å². The molecule has 1 saturated heterocycles. The largest absolute Gasteiger partial charge is 0.508 e. The fraction of sp³-hybridized carbons (Fsp3) is 0.267. The van der Waals surface area contributed by atoms with Crippen LogP contribution in [0.15, 0.2) is 86.5 Å². The van der Waals surface area contributed by atoms with E-state index in [4.69, 9.17) is 28.6 Å². The van der Waals surface area contributed by atoms with Crippen LogP contribution < -0.4 is 15.2 Å². The zero-order chi connectivity index (χ0) is 31.0. The van der Waals surface area contributed by atoms with E-state index in [0.717, 1.165) is 5.57 Å². The summed E-state index contributed by atoms with van der Waals surface area (Å²) in [5, 5.41) is 40.9. The number of carboxylic acid groups (broad SMARTS) is 1. The summed E-state index contributed by atoms with van der Waals surface area (Å²) in [5.41, 5.74) is 2.36. The standard InChI is InChI=1S/C30H26N2O12/c33-17-3-1-15(2-4-17)20-13-40-22-9-18(5-6-19(22)26(20)37)42-30-29(44-32-11-16-7-8-31-21(16)12-32)28(39)27(38)23(43-30)14-41-25(36)10-24(34)35/h1-9,12-13,23,27-30,33,38-39H,10-11,14H2,(H,34,35)/p+1/t23-,27-,28+,29-,30-/m0/s1. The number of rotatable bonds is 9. The van der Waals surface area contributed by atoms with Gasteiger partial charge in [-0.3, -0.25) is 19.4 Å². The number of quaternary nitrogens is 1. The smallest absolute Gasteiger partial charge is 0.317 e. The zero-order valence-electron chi connectivity index (χ0n) is 22.9. The van der Waals surface area contributed by atoms with Crippen LogP contribution in [-0.4, -0.2) is 82.4 Å². The highest BCUT2D eigenvalue weighted by atomic mass is 16.8. The Morgan fingerprint density at radius 3 is 2.64 bits per heavy atom. The minimum absolute atomic E-state index is 0.0580. The highest BCUT2D eigenvalue weighted by molar-refractivity contribution is 5.90. The number of hydrogen-bond acceptors (Lipinski definition) is 12. The summed E-state index contributed by atoms with van der Waals surface area (Å²) >= 11 is 0. The normalized spacial score (nSPS) is 25.8. The number of ether oxygens (including phenoxy) is 3. The second kappa shape index (κ2) is 12.0. The van der Waals surface area contributed by atoms with Crippen LogP contribution in [-0.2, 0) is 23.9 Å². The molecule has 44 heavy (non-hydrogen) atoms. The zero-order valence-corrected chi connectivity index (χ0v) is 22.9. The van der Waals surface area contributed by atoms with E-state index in [1.807, 2.05) is 6.08 Å². The maximum atomic E-state index is 13.2. The Balaban J connectivity index is 1.25. The first-order chi connectivity index (χ1) is 21.2. The molecule has 14 heteroatoms. The minimum Gasteiger partial charge on any atom is -0.508 e. The molecule has 0 saturated carbocycles. The third-order valence-electron chi connectivity index (χ3n) is 7.29. The van der Waals surface area contributed by atoms with E-state index in [1.165, 1.54) is 36.6 Å². The van der Waals surface area contributed by atoms with Crippen LogP contribution in [0.4, 0.5) is 0 Å². The first-order valence-corrected chi connectivity index (χ1v) is 13.5. The van der Waals surface area contributed by atoms with Crippen LogP contribution in [0.2, 0.25) is 0 Å². The lowest BCUT2D eigenvalue weighted by atomic mass is 9.99. The second-order valence-corrected chi connectivity index (χ2v) is 10.3. The number of allylic oxidation sites excluding steroid dienone is 1. The lowest BCUT2D eigenvalue weighted by Gasteiger charge is -2.41. The fourth-order valence-electron chi connectivity index (χ4n) is 5.07. The van der Waals surface area contributed by atoms with Gasteiger partial charge in [-0.1, -0.05) is 12.1 Å². The first kappa shape index (κ1) is 29.2. The van der Waals surface area contributed by atoms with Crippen molar-refractivity contribution in [3.8, 4) is 22.6 Å². The van der Waals surface area contributed by atoms with E-state index < -0.39 is 55.7 Å².